The normalized spacial score (nSPS) is 27.2. The summed E-state index contributed by atoms with van der Waals surface area (Å²) in [5.74, 6) is 2.25. The molecule has 2 saturated heterocycles. The van der Waals surface area contributed by atoms with Crippen molar-refractivity contribution in [3.8, 4) is 5.88 Å². The highest BCUT2D eigenvalue weighted by molar-refractivity contribution is 7.93. The van der Waals surface area contributed by atoms with Crippen molar-refractivity contribution in [3.63, 3.8) is 0 Å². The minimum Gasteiger partial charge on any atom is -0.481 e. The largest absolute Gasteiger partial charge is 0.481 e. The van der Waals surface area contributed by atoms with E-state index in [9.17, 15) is 8.42 Å². The molecule has 0 aromatic carbocycles. The van der Waals surface area contributed by atoms with Crippen LogP contribution in [0.15, 0.2) is 12.4 Å². The fourth-order valence-corrected chi connectivity index (χ4v) is 6.15. The monoisotopic (exact) mass is 353 g/mol. The van der Waals surface area contributed by atoms with Gasteiger partial charge in [0.2, 0.25) is 5.88 Å². The summed E-state index contributed by atoms with van der Waals surface area (Å²) in [5, 5.41) is 0. The molecule has 4 rings (SSSR count). The molecule has 0 radical (unpaired) electrons. The third-order valence-corrected chi connectivity index (χ3v) is 8.15. The Bertz CT molecular complexity index is 714. The SMILES string of the molecule is COc1cc(N2CC3(C2)C(COCC2CC2)CCS3(=O)=O)ncn1. The molecule has 0 amide bonds. The second-order valence-corrected chi connectivity index (χ2v) is 9.58. The molecule has 1 spiro atoms. The van der Waals surface area contributed by atoms with Gasteiger partial charge in [0, 0.05) is 31.7 Å². The Morgan fingerprint density at radius 1 is 1.25 bits per heavy atom. The number of anilines is 1. The van der Waals surface area contributed by atoms with E-state index in [4.69, 9.17) is 9.47 Å². The molecule has 3 fully saturated rings. The first-order valence-corrected chi connectivity index (χ1v) is 10.1. The molecule has 1 aromatic heterocycles. The maximum Gasteiger partial charge on any atom is 0.218 e. The predicted molar refractivity (Wildman–Crippen MR) is 89.0 cm³/mol. The molecular weight excluding hydrogens is 330 g/mol. The summed E-state index contributed by atoms with van der Waals surface area (Å²) in [6.07, 6.45) is 4.64. The maximum atomic E-state index is 12.6. The molecule has 24 heavy (non-hydrogen) atoms. The number of hydrogen-bond acceptors (Lipinski definition) is 7. The van der Waals surface area contributed by atoms with Crippen LogP contribution in [0.25, 0.3) is 0 Å². The van der Waals surface area contributed by atoms with Gasteiger partial charge in [-0.3, -0.25) is 0 Å². The molecule has 2 aliphatic heterocycles. The van der Waals surface area contributed by atoms with E-state index in [0.717, 1.165) is 6.61 Å². The van der Waals surface area contributed by atoms with Crippen molar-refractivity contribution in [2.45, 2.75) is 24.0 Å². The van der Waals surface area contributed by atoms with Crippen molar-refractivity contribution in [2.24, 2.45) is 11.8 Å². The number of sulfone groups is 1. The number of methoxy groups -OCH3 is 1. The first-order chi connectivity index (χ1) is 11.5. The van der Waals surface area contributed by atoms with Crippen LogP contribution in [0.2, 0.25) is 0 Å². The third kappa shape index (κ3) is 2.65. The average molecular weight is 353 g/mol. The Morgan fingerprint density at radius 3 is 2.75 bits per heavy atom. The Hall–Kier alpha value is -1.41. The van der Waals surface area contributed by atoms with E-state index in [2.05, 4.69) is 9.97 Å². The van der Waals surface area contributed by atoms with E-state index in [1.165, 1.54) is 19.2 Å². The van der Waals surface area contributed by atoms with Gasteiger partial charge in [0.15, 0.2) is 9.84 Å². The van der Waals surface area contributed by atoms with Crippen molar-refractivity contribution in [1.82, 2.24) is 9.97 Å². The minimum atomic E-state index is -3.09. The summed E-state index contributed by atoms with van der Waals surface area (Å²) in [5.41, 5.74) is 0. The molecule has 1 saturated carbocycles. The molecule has 0 bridgehead atoms. The second kappa shape index (κ2) is 5.84. The quantitative estimate of drug-likeness (QED) is 0.752. The number of aromatic nitrogens is 2. The van der Waals surface area contributed by atoms with Crippen LogP contribution in [0.1, 0.15) is 19.3 Å². The molecule has 1 aliphatic carbocycles. The summed E-state index contributed by atoms with van der Waals surface area (Å²) in [7, 11) is -1.53. The van der Waals surface area contributed by atoms with Crippen molar-refractivity contribution in [1.29, 1.82) is 0 Å². The lowest BCUT2D eigenvalue weighted by atomic mass is 9.83. The fourth-order valence-electron chi connectivity index (χ4n) is 3.75. The van der Waals surface area contributed by atoms with Gasteiger partial charge in [-0.1, -0.05) is 0 Å². The van der Waals surface area contributed by atoms with Crippen LogP contribution in [-0.2, 0) is 14.6 Å². The second-order valence-electron chi connectivity index (χ2n) is 7.12. The topological polar surface area (TPSA) is 81.6 Å². The standard InChI is InChI=1S/C16H23N3O4S/c1-22-15-6-14(17-11-18-15)19-9-16(10-19)13(4-5-24(16,20)21)8-23-7-12-2-3-12/h6,11-13H,2-5,7-10H2,1H3. The molecule has 3 heterocycles. The van der Waals surface area contributed by atoms with Gasteiger partial charge in [0.25, 0.3) is 0 Å². The minimum absolute atomic E-state index is 0.0845. The lowest BCUT2D eigenvalue weighted by Crippen LogP contribution is -2.68. The van der Waals surface area contributed by atoms with Crippen molar-refractivity contribution < 1.29 is 17.9 Å². The molecule has 0 N–H and O–H groups in total. The molecular formula is C16H23N3O4S. The van der Waals surface area contributed by atoms with Gasteiger partial charge in [0.1, 0.15) is 16.9 Å². The lowest BCUT2D eigenvalue weighted by molar-refractivity contribution is 0.0730. The Kier molecular flexibility index (Phi) is 3.91. The van der Waals surface area contributed by atoms with Gasteiger partial charge in [0.05, 0.1) is 19.5 Å². The highest BCUT2D eigenvalue weighted by Crippen LogP contribution is 2.46. The smallest absolute Gasteiger partial charge is 0.218 e. The predicted octanol–water partition coefficient (Wildman–Crippen LogP) is 0.905. The molecule has 132 valence electrons. The zero-order valence-corrected chi connectivity index (χ0v) is 14.7. The van der Waals surface area contributed by atoms with Crippen molar-refractivity contribution >= 4 is 15.7 Å². The van der Waals surface area contributed by atoms with Crippen LogP contribution < -0.4 is 9.64 Å². The average Bonchev–Trinajstić information content (AvgIpc) is 3.30. The first kappa shape index (κ1) is 16.1. The summed E-state index contributed by atoms with van der Waals surface area (Å²) in [4.78, 5) is 10.2. The van der Waals surface area contributed by atoms with E-state index in [1.807, 2.05) is 4.90 Å². The number of nitrogens with zero attached hydrogens (tertiary/aromatic N) is 3. The molecule has 3 aliphatic rings. The van der Waals surface area contributed by atoms with Gasteiger partial charge in [-0.05, 0) is 25.2 Å². The Labute approximate surface area is 142 Å². The fraction of sp³-hybridized carbons (Fsp3) is 0.750. The summed E-state index contributed by atoms with van der Waals surface area (Å²) >= 11 is 0. The number of ether oxygens (including phenoxy) is 2. The third-order valence-electron chi connectivity index (χ3n) is 5.55. The van der Waals surface area contributed by atoms with Gasteiger partial charge in [-0.25, -0.2) is 18.4 Å². The van der Waals surface area contributed by atoms with Crippen LogP contribution in [0.3, 0.4) is 0 Å². The summed E-state index contributed by atoms with van der Waals surface area (Å²) < 4.78 is 35.6. The van der Waals surface area contributed by atoms with Crippen molar-refractivity contribution in [3.05, 3.63) is 12.4 Å². The first-order valence-electron chi connectivity index (χ1n) is 8.45. The zero-order valence-electron chi connectivity index (χ0n) is 13.8. The van der Waals surface area contributed by atoms with Crippen LogP contribution >= 0.6 is 0 Å². The van der Waals surface area contributed by atoms with Gasteiger partial charge in [-0.2, -0.15) is 0 Å². The lowest BCUT2D eigenvalue weighted by Gasteiger charge is -2.50. The van der Waals surface area contributed by atoms with E-state index < -0.39 is 14.6 Å². The van der Waals surface area contributed by atoms with E-state index in [-0.39, 0.29) is 11.7 Å². The van der Waals surface area contributed by atoms with Gasteiger partial charge in [-0.15, -0.1) is 0 Å². The maximum absolute atomic E-state index is 12.6. The molecule has 1 atom stereocenters. The highest BCUT2D eigenvalue weighted by Gasteiger charge is 2.61. The van der Waals surface area contributed by atoms with Crippen molar-refractivity contribution in [2.75, 3.05) is 44.1 Å². The number of hydrogen-bond donors (Lipinski definition) is 0. The number of rotatable bonds is 6. The molecule has 7 nitrogen and oxygen atoms in total. The van der Waals surface area contributed by atoms with E-state index in [1.54, 1.807) is 13.2 Å². The van der Waals surface area contributed by atoms with E-state index in [0.29, 0.717) is 43.7 Å². The van der Waals surface area contributed by atoms with Gasteiger partial charge >= 0.3 is 0 Å². The van der Waals surface area contributed by atoms with Crippen LogP contribution in [0, 0.1) is 11.8 Å². The van der Waals surface area contributed by atoms with Gasteiger partial charge < -0.3 is 14.4 Å². The van der Waals surface area contributed by atoms with Crippen LogP contribution in [0.5, 0.6) is 5.88 Å². The molecule has 1 aromatic rings. The highest BCUT2D eigenvalue weighted by atomic mass is 32.2. The van der Waals surface area contributed by atoms with Crippen LogP contribution in [-0.4, -0.2) is 62.3 Å². The van der Waals surface area contributed by atoms with E-state index >= 15 is 0 Å². The Balaban J connectivity index is 1.46. The summed E-state index contributed by atoms with van der Waals surface area (Å²) in [6.45, 7) is 2.29. The summed E-state index contributed by atoms with van der Waals surface area (Å²) in [6, 6.07) is 1.74. The molecule has 8 heteroatoms. The van der Waals surface area contributed by atoms with Crippen LogP contribution in [0.4, 0.5) is 5.82 Å². The Morgan fingerprint density at radius 2 is 2.04 bits per heavy atom. The zero-order chi connectivity index (χ0) is 16.8. The molecule has 1 unspecified atom stereocenters.